The summed E-state index contributed by atoms with van der Waals surface area (Å²) in [6, 6.07) is 10.2. The first-order chi connectivity index (χ1) is 14.3. The predicted octanol–water partition coefficient (Wildman–Crippen LogP) is 2.25. The molecule has 2 aromatic heterocycles. The third-order valence-electron chi connectivity index (χ3n) is 5.84. The van der Waals surface area contributed by atoms with E-state index in [2.05, 4.69) is 43.1 Å². The summed E-state index contributed by atoms with van der Waals surface area (Å²) in [5, 5.41) is 4.12. The second-order valence-electron chi connectivity index (χ2n) is 7.56. The molecule has 29 heavy (non-hydrogen) atoms. The summed E-state index contributed by atoms with van der Waals surface area (Å²) in [7, 11) is 0. The van der Waals surface area contributed by atoms with Gasteiger partial charge in [0.2, 0.25) is 5.91 Å². The number of aromatic nitrogens is 5. The number of aryl methyl sites for hydroxylation is 1. The fourth-order valence-corrected chi connectivity index (χ4v) is 4.30. The van der Waals surface area contributed by atoms with Crippen LogP contribution in [0.15, 0.2) is 49.3 Å². The van der Waals surface area contributed by atoms with Crippen molar-refractivity contribution in [3.8, 4) is 5.82 Å². The molecule has 1 amide bonds. The van der Waals surface area contributed by atoms with E-state index in [1.807, 2.05) is 17.0 Å². The minimum absolute atomic E-state index is 0.0639. The molecule has 2 aliphatic heterocycles. The number of benzene rings is 1. The van der Waals surface area contributed by atoms with E-state index < -0.39 is 0 Å². The molecule has 0 saturated carbocycles. The molecule has 3 aromatic rings. The number of hydrogen-bond donors (Lipinski definition) is 0. The van der Waals surface area contributed by atoms with E-state index in [4.69, 9.17) is 0 Å². The number of carbonyl (C=O) groups is 1. The van der Waals surface area contributed by atoms with Gasteiger partial charge in [0.05, 0.1) is 0 Å². The number of rotatable bonds is 3. The van der Waals surface area contributed by atoms with E-state index in [0.29, 0.717) is 5.82 Å². The largest absolute Gasteiger partial charge is 0.356 e. The van der Waals surface area contributed by atoms with Crippen LogP contribution in [-0.2, 0) is 11.2 Å². The summed E-state index contributed by atoms with van der Waals surface area (Å²) < 4.78 is 1.62. The molecule has 5 rings (SSSR count). The van der Waals surface area contributed by atoms with Gasteiger partial charge >= 0.3 is 0 Å². The van der Waals surface area contributed by atoms with Crippen molar-refractivity contribution in [1.29, 1.82) is 0 Å². The summed E-state index contributed by atoms with van der Waals surface area (Å²) in [4.78, 5) is 30.1. The number of carbonyl (C=O) groups excluding carboxylic acids is 1. The van der Waals surface area contributed by atoms with Crippen molar-refractivity contribution in [3.63, 3.8) is 0 Å². The minimum Gasteiger partial charge on any atom is -0.356 e. The van der Waals surface area contributed by atoms with Gasteiger partial charge in [-0.05, 0) is 37.3 Å². The summed E-state index contributed by atoms with van der Waals surface area (Å²) in [5.41, 5.74) is 2.38. The number of fused-ring (bicyclic) bond motifs is 1. The van der Waals surface area contributed by atoms with E-state index in [0.717, 1.165) is 56.8 Å². The third-order valence-corrected chi connectivity index (χ3v) is 5.84. The van der Waals surface area contributed by atoms with Crippen molar-refractivity contribution in [2.45, 2.75) is 25.7 Å². The molecule has 0 N–H and O–H groups in total. The third kappa shape index (κ3) is 3.46. The number of para-hydroxylation sites is 1. The second-order valence-corrected chi connectivity index (χ2v) is 7.56. The van der Waals surface area contributed by atoms with Gasteiger partial charge in [-0.1, -0.05) is 18.2 Å². The van der Waals surface area contributed by atoms with Crippen LogP contribution in [0.25, 0.3) is 5.82 Å². The predicted molar refractivity (Wildman–Crippen MR) is 109 cm³/mol. The molecule has 0 radical (unpaired) electrons. The summed E-state index contributed by atoms with van der Waals surface area (Å²) in [6.07, 6.45) is 8.41. The van der Waals surface area contributed by atoms with Crippen LogP contribution in [0, 0.1) is 5.92 Å². The highest BCUT2D eigenvalue weighted by molar-refractivity contribution is 5.96. The van der Waals surface area contributed by atoms with Gasteiger partial charge in [-0.25, -0.2) is 19.6 Å². The molecular formula is C21H23N7O. The standard InChI is InChI=1S/C21H23N7O/c29-21(27-9-3-5-16-4-1-2-6-18(16)27)17-7-10-26(11-8-17)19-12-20(24-14-23-19)28-15-22-13-25-28/h1-2,4,6,12-15,17H,3,5,7-11H2. The summed E-state index contributed by atoms with van der Waals surface area (Å²) in [5.74, 6) is 1.88. The molecule has 0 spiro atoms. The molecule has 1 aromatic carbocycles. The van der Waals surface area contributed by atoms with Crippen LogP contribution in [0.1, 0.15) is 24.8 Å². The number of piperidine rings is 1. The smallest absolute Gasteiger partial charge is 0.230 e. The van der Waals surface area contributed by atoms with Crippen molar-refractivity contribution in [3.05, 3.63) is 54.9 Å². The van der Waals surface area contributed by atoms with Crippen molar-refractivity contribution in [2.24, 2.45) is 5.92 Å². The monoisotopic (exact) mass is 389 g/mol. The highest BCUT2D eigenvalue weighted by Crippen LogP contribution is 2.31. The maximum atomic E-state index is 13.2. The Balaban J connectivity index is 1.27. The highest BCUT2D eigenvalue weighted by Gasteiger charge is 2.31. The molecule has 4 heterocycles. The van der Waals surface area contributed by atoms with E-state index >= 15 is 0 Å². The number of hydrogen-bond acceptors (Lipinski definition) is 6. The van der Waals surface area contributed by atoms with Crippen LogP contribution in [0.2, 0.25) is 0 Å². The molecule has 148 valence electrons. The Kier molecular flexibility index (Phi) is 4.67. The van der Waals surface area contributed by atoms with Crippen molar-refractivity contribution in [2.75, 3.05) is 29.4 Å². The zero-order chi connectivity index (χ0) is 19.6. The normalized spacial score (nSPS) is 17.2. The van der Waals surface area contributed by atoms with Crippen molar-refractivity contribution >= 4 is 17.4 Å². The Labute approximate surface area is 169 Å². The Morgan fingerprint density at radius 1 is 1.00 bits per heavy atom. The second kappa shape index (κ2) is 7.62. The van der Waals surface area contributed by atoms with Gasteiger partial charge in [0.15, 0.2) is 5.82 Å². The Morgan fingerprint density at radius 2 is 1.83 bits per heavy atom. The molecule has 2 aliphatic rings. The number of amides is 1. The first-order valence-electron chi connectivity index (χ1n) is 10.1. The Hall–Kier alpha value is -3.29. The minimum atomic E-state index is 0.0639. The highest BCUT2D eigenvalue weighted by atomic mass is 16.2. The molecule has 0 bridgehead atoms. The molecular weight excluding hydrogens is 366 g/mol. The SMILES string of the molecule is O=C(C1CCN(c2cc(-n3cncn3)ncn2)CC1)N1CCCc2ccccc21. The number of nitrogens with zero attached hydrogens (tertiary/aromatic N) is 7. The van der Waals surface area contributed by atoms with Crippen LogP contribution in [0.4, 0.5) is 11.5 Å². The van der Waals surface area contributed by atoms with Gasteiger partial charge in [-0.2, -0.15) is 5.10 Å². The zero-order valence-corrected chi connectivity index (χ0v) is 16.2. The maximum Gasteiger partial charge on any atom is 0.230 e. The molecule has 0 atom stereocenters. The lowest BCUT2D eigenvalue weighted by Crippen LogP contribution is -2.44. The summed E-state index contributed by atoms with van der Waals surface area (Å²) in [6.45, 7) is 2.43. The van der Waals surface area contributed by atoms with Crippen LogP contribution in [0.3, 0.4) is 0 Å². The molecule has 0 unspecified atom stereocenters. The fraction of sp³-hybridized carbons (Fsp3) is 0.381. The average molecular weight is 389 g/mol. The number of anilines is 2. The zero-order valence-electron chi connectivity index (χ0n) is 16.2. The van der Waals surface area contributed by atoms with Crippen LogP contribution in [0.5, 0.6) is 0 Å². The Bertz CT molecular complexity index is 996. The molecule has 8 heteroatoms. The quantitative estimate of drug-likeness (QED) is 0.684. The van der Waals surface area contributed by atoms with Crippen molar-refractivity contribution < 1.29 is 4.79 Å². The van der Waals surface area contributed by atoms with E-state index in [9.17, 15) is 4.79 Å². The molecule has 1 saturated heterocycles. The van der Waals surface area contributed by atoms with Gasteiger partial charge in [-0.3, -0.25) is 4.79 Å². The lowest BCUT2D eigenvalue weighted by atomic mass is 9.93. The lowest BCUT2D eigenvalue weighted by molar-refractivity contribution is -0.123. The van der Waals surface area contributed by atoms with Gasteiger partial charge in [0, 0.05) is 37.3 Å². The van der Waals surface area contributed by atoms with Gasteiger partial charge in [-0.15, -0.1) is 0 Å². The maximum absolute atomic E-state index is 13.2. The molecule has 8 nitrogen and oxygen atoms in total. The van der Waals surface area contributed by atoms with E-state index in [-0.39, 0.29) is 11.8 Å². The first-order valence-corrected chi connectivity index (χ1v) is 10.1. The lowest BCUT2D eigenvalue weighted by Gasteiger charge is -2.36. The first kappa shape index (κ1) is 17.8. The fourth-order valence-electron chi connectivity index (χ4n) is 4.30. The van der Waals surface area contributed by atoms with Crippen LogP contribution >= 0.6 is 0 Å². The van der Waals surface area contributed by atoms with Gasteiger partial charge in [0.25, 0.3) is 0 Å². The van der Waals surface area contributed by atoms with E-state index in [1.54, 1.807) is 17.3 Å². The topological polar surface area (TPSA) is 80.0 Å². The summed E-state index contributed by atoms with van der Waals surface area (Å²) >= 11 is 0. The Morgan fingerprint density at radius 3 is 2.66 bits per heavy atom. The van der Waals surface area contributed by atoms with Crippen molar-refractivity contribution in [1.82, 2.24) is 24.7 Å². The molecule has 1 fully saturated rings. The van der Waals surface area contributed by atoms with Gasteiger partial charge in [0.1, 0.15) is 24.8 Å². The van der Waals surface area contributed by atoms with Crippen LogP contribution in [-0.4, -0.2) is 50.3 Å². The van der Waals surface area contributed by atoms with Gasteiger partial charge < -0.3 is 9.80 Å². The molecule has 0 aliphatic carbocycles. The van der Waals surface area contributed by atoms with E-state index in [1.165, 1.54) is 11.9 Å². The van der Waals surface area contributed by atoms with Crippen LogP contribution < -0.4 is 9.80 Å². The average Bonchev–Trinajstić information content (AvgIpc) is 3.34.